The van der Waals surface area contributed by atoms with E-state index in [0.717, 1.165) is 30.6 Å². The van der Waals surface area contributed by atoms with Gasteiger partial charge in [-0.05, 0) is 75.7 Å². The fraction of sp³-hybridized carbons (Fsp3) is 0.250. The summed E-state index contributed by atoms with van der Waals surface area (Å²) in [5, 5.41) is 2.56. The van der Waals surface area contributed by atoms with Crippen molar-refractivity contribution in [3.63, 3.8) is 0 Å². The van der Waals surface area contributed by atoms with Gasteiger partial charge in [0.05, 0.1) is 13.0 Å². The Balaban J connectivity index is 1.64. The van der Waals surface area contributed by atoms with Gasteiger partial charge < -0.3 is 4.74 Å². The Kier molecular flexibility index (Phi) is 4.78. The van der Waals surface area contributed by atoms with Gasteiger partial charge >= 0.3 is 0 Å². The molecule has 2 atom stereocenters. The minimum absolute atomic E-state index is 0.0979. The molecule has 3 aromatic carbocycles. The van der Waals surface area contributed by atoms with E-state index in [9.17, 15) is 4.79 Å². The second kappa shape index (κ2) is 7.60. The van der Waals surface area contributed by atoms with Crippen LogP contribution in [0, 0.1) is 5.92 Å². The molecule has 0 saturated carbocycles. The van der Waals surface area contributed by atoms with E-state index in [1.807, 2.05) is 24.3 Å². The number of carbonyl (C=O) groups excluding carboxylic acids is 1. The maximum absolute atomic E-state index is 13.6. The monoisotopic (exact) mass is 394 g/mol. The predicted octanol–water partition coefficient (Wildman–Crippen LogP) is 4.88. The summed E-state index contributed by atoms with van der Waals surface area (Å²) < 4.78 is 5.26. The maximum Gasteiger partial charge on any atom is 0.170 e. The smallest absolute Gasteiger partial charge is 0.170 e. The van der Waals surface area contributed by atoms with Gasteiger partial charge in [-0.1, -0.05) is 61.9 Å². The van der Waals surface area contributed by atoms with E-state index < -0.39 is 0 Å². The fourth-order valence-corrected chi connectivity index (χ4v) is 5.13. The molecule has 0 aromatic heterocycles. The molecule has 0 spiro atoms. The first-order valence-corrected chi connectivity index (χ1v) is 10.8. The molecule has 0 bridgehead atoms. The van der Waals surface area contributed by atoms with Crippen molar-refractivity contribution >= 4 is 17.9 Å². The summed E-state index contributed by atoms with van der Waals surface area (Å²) in [5.74, 6) is 1.23. The molecular weight excluding hydrogens is 368 g/mol. The van der Waals surface area contributed by atoms with Crippen molar-refractivity contribution in [1.82, 2.24) is 0 Å². The highest BCUT2D eigenvalue weighted by Gasteiger charge is 2.32. The van der Waals surface area contributed by atoms with Gasteiger partial charge in [0.2, 0.25) is 0 Å². The first kappa shape index (κ1) is 18.9. The quantitative estimate of drug-likeness (QED) is 0.590. The lowest BCUT2D eigenvalue weighted by Crippen LogP contribution is -2.39. The molecule has 0 N–H and O–H groups in total. The molecule has 0 fully saturated rings. The van der Waals surface area contributed by atoms with Gasteiger partial charge in [0.15, 0.2) is 5.78 Å². The molecule has 2 aliphatic rings. The predicted molar refractivity (Wildman–Crippen MR) is 122 cm³/mol. The molecule has 2 heteroatoms. The summed E-state index contributed by atoms with van der Waals surface area (Å²) in [7, 11) is 1.65. The number of Topliss-reactive ketones (excluding diaryl/α,β-unsaturated/α-hetero) is 1. The number of carbonyl (C=O) groups is 1. The lowest BCUT2D eigenvalue weighted by Gasteiger charge is -2.30. The largest absolute Gasteiger partial charge is 0.497 e. The molecule has 2 nitrogen and oxygen atoms in total. The third-order valence-corrected chi connectivity index (χ3v) is 6.77. The molecule has 30 heavy (non-hydrogen) atoms. The van der Waals surface area contributed by atoms with Gasteiger partial charge in [-0.15, -0.1) is 0 Å². The third kappa shape index (κ3) is 2.99. The van der Waals surface area contributed by atoms with Crippen LogP contribution < -0.4 is 15.2 Å². The van der Waals surface area contributed by atoms with Crippen molar-refractivity contribution in [2.75, 3.05) is 7.11 Å². The highest BCUT2D eigenvalue weighted by molar-refractivity contribution is 6.01. The van der Waals surface area contributed by atoms with Crippen molar-refractivity contribution in [1.29, 1.82) is 0 Å². The van der Waals surface area contributed by atoms with Gasteiger partial charge in [-0.2, -0.15) is 0 Å². The van der Waals surface area contributed by atoms with Gasteiger partial charge in [0.1, 0.15) is 5.75 Å². The lowest BCUT2D eigenvalue weighted by atomic mass is 9.73. The highest BCUT2D eigenvalue weighted by atomic mass is 16.5. The maximum atomic E-state index is 13.6. The number of fused-ring (bicyclic) bond motifs is 5. The van der Waals surface area contributed by atoms with Crippen LogP contribution >= 0.6 is 0 Å². The minimum atomic E-state index is -0.0979. The molecule has 150 valence electrons. The summed E-state index contributed by atoms with van der Waals surface area (Å²) in [6.07, 6.45) is 7.59. The molecule has 0 saturated heterocycles. The summed E-state index contributed by atoms with van der Waals surface area (Å²) in [4.78, 5) is 13.6. The zero-order chi connectivity index (χ0) is 20.7. The molecule has 0 radical (unpaired) electrons. The van der Waals surface area contributed by atoms with Crippen LogP contribution in [-0.4, -0.2) is 12.9 Å². The van der Waals surface area contributed by atoms with E-state index in [2.05, 4.69) is 55.5 Å². The molecule has 0 amide bonds. The zero-order valence-corrected chi connectivity index (χ0v) is 17.5. The SMILES string of the molecule is CCC1CC=c2c(ccc3c2=CCc2ccccc2-3)C1C(=O)c1ccc(OC)cc1. The van der Waals surface area contributed by atoms with Crippen LogP contribution in [0.2, 0.25) is 0 Å². The normalized spacial score (nSPS) is 18.9. The Labute approximate surface area is 177 Å². The average Bonchev–Trinajstić information content (AvgIpc) is 2.82. The first-order chi connectivity index (χ1) is 14.7. The molecule has 5 rings (SSSR count). The zero-order valence-electron chi connectivity index (χ0n) is 17.5. The summed E-state index contributed by atoms with van der Waals surface area (Å²) >= 11 is 0. The average molecular weight is 395 g/mol. The van der Waals surface area contributed by atoms with Crippen LogP contribution in [0.1, 0.15) is 47.2 Å². The van der Waals surface area contributed by atoms with Crippen molar-refractivity contribution in [2.24, 2.45) is 5.92 Å². The van der Waals surface area contributed by atoms with Crippen LogP contribution in [0.4, 0.5) is 0 Å². The second-order valence-electron chi connectivity index (χ2n) is 8.27. The van der Waals surface area contributed by atoms with E-state index in [1.54, 1.807) is 7.11 Å². The number of rotatable bonds is 4. The van der Waals surface area contributed by atoms with E-state index in [0.29, 0.717) is 5.92 Å². The molecular formula is C28H26O2. The molecule has 0 heterocycles. The van der Waals surface area contributed by atoms with Crippen LogP contribution in [0.5, 0.6) is 5.75 Å². The Hall–Kier alpha value is -3.13. The molecule has 2 aliphatic carbocycles. The number of methoxy groups -OCH3 is 1. The van der Waals surface area contributed by atoms with Crippen molar-refractivity contribution < 1.29 is 9.53 Å². The Morgan fingerprint density at radius 1 is 0.933 bits per heavy atom. The van der Waals surface area contributed by atoms with Crippen LogP contribution in [0.25, 0.3) is 23.3 Å². The van der Waals surface area contributed by atoms with Gasteiger partial charge in [0.25, 0.3) is 0 Å². The first-order valence-electron chi connectivity index (χ1n) is 10.8. The topological polar surface area (TPSA) is 26.3 Å². The van der Waals surface area contributed by atoms with Gasteiger partial charge in [-0.25, -0.2) is 0 Å². The number of ketones is 1. The van der Waals surface area contributed by atoms with E-state index in [4.69, 9.17) is 4.74 Å². The number of hydrogen-bond acceptors (Lipinski definition) is 2. The number of hydrogen-bond donors (Lipinski definition) is 0. The second-order valence-corrected chi connectivity index (χ2v) is 8.27. The Morgan fingerprint density at radius 2 is 1.73 bits per heavy atom. The van der Waals surface area contributed by atoms with E-state index in [1.165, 1.54) is 32.7 Å². The van der Waals surface area contributed by atoms with Crippen LogP contribution in [0.3, 0.4) is 0 Å². The van der Waals surface area contributed by atoms with Crippen LogP contribution in [0.15, 0.2) is 60.7 Å². The number of benzene rings is 3. The van der Waals surface area contributed by atoms with Gasteiger partial charge in [-0.3, -0.25) is 4.79 Å². The highest BCUT2D eigenvalue weighted by Crippen LogP contribution is 2.35. The summed E-state index contributed by atoms with van der Waals surface area (Å²) in [6, 6.07) is 20.6. The Bertz CT molecular complexity index is 1230. The molecule has 0 aliphatic heterocycles. The molecule has 2 unspecified atom stereocenters. The standard InChI is InChI=1S/C28H26O2/c1-3-18-10-14-25-24-15-11-19-6-4-5-7-22(19)23(24)16-17-26(25)27(18)28(29)20-8-12-21(30-2)13-9-20/h4-9,12-18,27H,3,10-11H2,1-2H3. The van der Waals surface area contributed by atoms with Crippen molar-refractivity contribution in [3.8, 4) is 16.9 Å². The summed E-state index contributed by atoms with van der Waals surface area (Å²) in [6.45, 7) is 2.19. The van der Waals surface area contributed by atoms with Crippen LogP contribution in [-0.2, 0) is 6.42 Å². The van der Waals surface area contributed by atoms with Gasteiger partial charge in [0, 0.05) is 5.56 Å². The lowest BCUT2D eigenvalue weighted by molar-refractivity contribution is 0.0926. The fourth-order valence-electron chi connectivity index (χ4n) is 5.13. The summed E-state index contributed by atoms with van der Waals surface area (Å²) in [5.41, 5.74) is 5.93. The van der Waals surface area contributed by atoms with E-state index in [-0.39, 0.29) is 11.7 Å². The van der Waals surface area contributed by atoms with E-state index >= 15 is 0 Å². The molecule has 3 aromatic rings. The minimum Gasteiger partial charge on any atom is -0.497 e. The van der Waals surface area contributed by atoms with Crippen molar-refractivity contribution in [2.45, 2.75) is 32.1 Å². The van der Waals surface area contributed by atoms with Crippen molar-refractivity contribution in [3.05, 3.63) is 87.8 Å². The Morgan fingerprint density at radius 3 is 2.50 bits per heavy atom. The number of ether oxygens (including phenoxy) is 1. The third-order valence-electron chi connectivity index (χ3n) is 6.77.